The van der Waals surface area contributed by atoms with Gasteiger partial charge in [0.2, 0.25) is 5.91 Å². The number of carbonyl (C=O) groups is 1. The van der Waals surface area contributed by atoms with Crippen LogP contribution in [0.3, 0.4) is 0 Å². The molecule has 1 amide bonds. The van der Waals surface area contributed by atoms with Gasteiger partial charge in [-0.1, -0.05) is 59.8 Å². The molecule has 3 nitrogen and oxygen atoms in total. The minimum Gasteiger partial charge on any atom is -0.272 e. The number of nitrogens with one attached hydrogen (secondary N) is 1. The van der Waals surface area contributed by atoms with Gasteiger partial charge in [0.05, 0.1) is 12.0 Å². The number of nitrogens with zero attached hydrogens (tertiary/aromatic N) is 1. The third-order valence-corrected chi connectivity index (χ3v) is 5.83. The summed E-state index contributed by atoms with van der Waals surface area (Å²) in [7, 11) is 0. The largest absolute Gasteiger partial charge is 0.272 e. The molecule has 0 aliphatic heterocycles. The van der Waals surface area contributed by atoms with E-state index < -0.39 is 0 Å². The van der Waals surface area contributed by atoms with Gasteiger partial charge < -0.3 is 0 Å². The van der Waals surface area contributed by atoms with Crippen molar-refractivity contribution in [2.45, 2.75) is 14.7 Å². The van der Waals surface area contributed by atoms with Crippen LogP contribution in [0.1, 0.15) is 5.56 Å². The Labute approximate surface area is 172 Å². The van der Waals surface area contributed by atoms with Gasteiger partial charge in [-0.05, 0) is 42.5 Å². The lowest BCUT2D eigenvalue weighted by atomic mass is 10.2. The van der Waals surface area contributed by atoms with Gasteiger partial charge in [-0.3, -0.25) is 4.79 Å². The highest BCUT2D eigenvalue weighted by Crippen LogP contribution is 2.29. The van der Waals surface area contributed by atoms with Crippen molar-refractivity contribution in [1.82, 2.24) is 5.43 Å². The molecule has 0 aliphatic carbocycles. The molecule has 0 atom stereocenters. The van der Waals surface area contributed by atoms with Gasteiger partial charge in [0.25, 0.3) is 0 Å². The molecule has 0 heterocycles. The Balaban J connectivity index is 1.54. The van der Waals surface area contributed by atoms with Crippen LogP contribution in [0.4, 0.5) is 0 Å². The lowest BCUT2D eigenvalue weighted by molar-refractivity contribution is -0.118. The monoisotopic (exact) mass is 412 g/mol. The molecule has 0 saturated carbocycles. The topological polar surface area (TPSA) is 41.5 Å². The SMILES string of the molecule is O=C(CSc1ccc(Cl)cc1)N/N=C/c1ccccc1Sc1ccccc1. The van der Waals surface area contributed by atoms with Crippen molar-refractivity contribution in [3.8, 4) is 0 Å². The highest BCUT2D eigenvalue weighted by atomic mass is 35.5. The predicted molar refractivity (Wildman–Crippen MR) is 115 cm³/mol. The van der Waals surface area contributed by atoms with Gasteiger partial charge in [-0.2, -0.15) is 5.10 Å². The van der Waals surface area contributed by atoms with Crippen molar-refractivity contribution < 1.29 is 4.79 Å². The molecule has 0 fully saturated rings. The van der Waals surface area contributed by atoms with Crippen molar-refractivity contribution in [2.24, 2.45) is 5.10 Å². The van der Waals surface area contributed by atoms with Gasteiger partial charge in [0.1, 0.15) is 0 Å². The molecule has 3 aromatic rings. The Morgan fingerprint density at radius 2 is 1.63 bits per heavy atom. The molecule has 0 saturated heterocycles. The van der Waals surface area contributed by atoms with E-state index in [0.29, 0.717) is 10.8 Å². The van der Waals surface area contributed by atoms with Crippen LogP contribution >= 0.6 is 35.1 Å². The summed E-state index contributed by atoms with van der Waals surface area (Å²) in [4.78, 5) is 15.2. The van der Waals surface area contributed by atoms with Crippen LogP contribution in [0.5, 0.6) is 0 Å². The van der Waals surface area contributed by atoms with Crippen molar-refractivity contribution in [3.05, 3.63) is 89.4 Å². The number of benzene rings is 3. The van der Waals surface area contributed by atoms with E-state index in [1.54, 1.807) is 30.1 Å². The predicted octanol–water partition coefficient (Wildman–Crippen LogP) is 5.73. The lowest BCUT2D eigenvalue weighted by Crippen LogP contribution is -2.19. The van der Waals surface area contributed by atoms with Gasteiger partial charge in [-0.15, -0.1) is 11.8 Å². The van der Waals surface area contributed by atoms with Crippen molar-refractivity contribution >= 4 is 47.2 Å². The summed E-state index contributed by atoms with van der Waals surface area (Å²) < 4.78 is 0. The average Bonchev–Trinajstić information content (AvgIpc) is 2.70. The third kappa shape index (κ3) is 6.47. The van der Waals surface area contributed by atoms with E-state index in [0.717, 1.165) is 20.2 Å². The highest BCUT2D eigenvalue weighted by molar-refractivity contribution is 8.00. The van der Waals surface area contributed by atoms with Crippen molar-refractivity contribution in [3.63, 3.8) is 0 Å². The Hall–Kier alpha value is -2.21. The number of thioether (sulfide) groups is 1. The second-order valence-electron chi connectivity index (χ2n) is 5.49. The zero-order chi connectivity index (χ0) is 18.9. The molecule has 0 spiro atoms. The minimum atomic E-state index is -0.153. The quantitative estimate of drug-likeness (QED) is 0.306. The molecule has 6 heteroatoms. The molecule has 27 heavy (non-hydrogen) atoms. The van der Waals surface area contributed by atoms with Gasteiger partial charge in [0, 0.05) is 25.3 Å². The fourth-order valence-electron chi connectivity index (χ4n) is 2.18. The van der Waals surface area contributed by atoms with E-state index in [1.807, 2.05) is 54.6 Å². The second kappa shape index (κ2) is 10.2. The number of amides is 1. The van der Waals surface area contributed by atoms with E-state index in [2.05, 4.69) is 22.7 Å². The molecular weight excluding hydrogens is 396 g/mol. The molecule has 0 aliphatic rings. The summed E-state index contributed by atoms with van der Waals surface area (Å²) in [5, 5.41) is 4.78. The zero-order valence-corrected chi connectivity index (χ0v) is 16.7. The fourth-order valence-corrected chi connectivity index (χ4v) is 3.93. The summed E-state index contributed by atoms with van der Waals surface area (Å²) in [6.07, 6.45) is 1.68. The summed E-state index contributed by atoms with van der Waals surface area (Å²) in [6.45, 7) is 0. The van der Waals surface area contributed by atoms with Crippen molar-refractivity contribution in [1.29, 1.82) is 0 Å². The van der Waals surface area contributed by atoms with Gasteiger partial charge in [0.15, 0.2) is 0 Å². The molecule has 0 unspecified atom stereocenters. The summed E-state index contributed by atoms with van der Waals surface area (Å²) in [5.74, 6) is 0.138. The summed E-state index contributed by atoms with van der Waals surface area (Å²) >= 11 is 8.96. The normalized spacial score (nSPS) is 10.9. The van der Waals surface area contributed by atoms with Gasteiger partial charge >= 0.3 is 0 Å². The molecular formula is C21H17ClN2OS2. The number of rotatable bonds is 7. The smallest absolute Gasteiger partial charge is 0.250 e. The van der Waals surface area contributed by atoms with Crippen LogP contribution in [0.15, 0.2) is 98.7 Å². The Bertz CT molecular complexity index is 915. The average molecular weight is 413 g/mol. The molecule has 136 valence electrons. The maximum atomic E-state index is 12.0. The number of hydrogen-bond acceptors (Lipinski definition) is 4. The van der Waals surface area contributed by atoms with Gasteiger partial charge in [-0.25, -0.2) is 5.43 Å². The molecule has 1 N–H and O–H groups in total. The fraction of sp³-hybridized carbons (Fsp3) is 0.0476. The number of hydrogen-bond donors (Lipinski definition) is 1. The van der Waals surface area contributed by atoms with Crippen LogP contribution in [0.2, 0.25) is 5.02 Å². The molecule has 0 radical (unpaired) electrons. The standard InChI is InChI=1S/C21H17ClN2OS2/c22-17-10-12-18(13-11-17)26-15-21(25)24-23-14-16-6-4-5-9-20(16)27-19-7-2-1-3-8-19/h1-14H,15H2,(H,24,25)/b23-14+. The van der Waals surface area contributed by atoms with E-state index in [4.69, 9.17) is 11.6 Å². The summed E-state index contributed by atoms with van der Waals surface area (Å²) in [5.41, 5.74) is 3.53. The number of halogens is 1. The van der Waals surface area contributed by atoms with E-state index in [1.165, 1.54) is 11.8 Å². The second-order valence-corrected chi connectivity index (χ2v) is 8.09. The van der Waals surface area contributed by atoms with E-state index in [9.17, 15) is 4.79 Å². The van der Waals surface area contributed by atoms with E-state index >= 15 is 0 Å². The minimum absolute atomic E-state index is 0.153. The Morgan fingerprint density at radius 3 is 2.41 bits per heavy atom. The van der Waals surface area contributed by atoms with Crippen LogP contribution in [-0.2, 0) is 4.79 Å². The van der Waals surface area contributed by atoms with Crippen LogP contribution in [-0.4, -0.2) is 17.9 Å². The lowest BCUT2D eigenvalue weighted by Gasteiger charge is -2.05. The van der Waals surface area contributed by atoms with Crippen LogP contribution < -0.4 is 5.43 Å². The first-order valence-corrected chi connectivity index (χ1v) is 10.4. The van der Waals surface area contributed by atoms with Crippen LogP contribution in [0.25, 0.3) is 0 Å². The first-order chi connectivity index (χ1) is 13.2. The molecule has 0 bridgehead atoms. The molecule has 0 aromatic heterocycles. The Kier molecular flexibility index (Phi) is 7.39. The van der Waals surface area contributed by atoms with E-state index in [-0.39, 0.29) is 5.91 Å². The third-order valence-electron chi connectivity index (χ3n) is 3.47. The molecule has 3 aromatic carbocycles. The molecule has 3 rings (SSSR count). The number of carbonyl (C=O) groups excluding carboxylic acids is 1. The number of hydrazone groups is 1. The van der Waals surface area contributed by atoms with Crippen LogP contribution in [0, 0.1) is 0 Å². The van der Waals surface area contributed by atoms with Crippen molar-refractivity contribution in [2.75, 3.05) is 5.75 Å². The Morgan fingerprint density at radius 1 is 0.926 bits per heavy atom. The summed E-state index contributed by atoms with van der Waals surface area (Å²) in [6, 6.07) is 25.5. The zero-order valence-electron chi connectivity index (χ0n) is 14.3. The highest BCUT2D eigenvalue weighted by Gasteiger charge is 2.04. The maximum Gasteiger partial charge on any atom is 0.250 e. The first-order valence-electron chi connectivity index (χ1n) is 8.23. The first kappa shape index (κ1) is 19.5. The maximum absolute atomic E-state index is 12.0.